The molecule has 0 saturated heterocycles. The maximum absolute atomic E-state index is 12.6. The third kappa shape index (κ3) is 3.75. The van der Waals surface area contributed by atoms with Crippen molar-refractivity contribution < 1.29 is 17.9 Å². The van der Waals surface area contributed by atoms with Gasteiger partial charge in [-0.3, -0.25) is 0 Å². The van der Waals surface area contributed by atoms with E-state index in [1.165, 1.54) is 20.3 Å². The molecule has 8 heteroatoms. The summed E-state index contributed by atoms with van der Waals surface area (Å²) in [6, 6.07) is 10.4. The molecule has 25 heavy (non-hydrogen) atoms. The molecule has 2 heterocycles. The molecule has 1 aromatic carbocycles. The number of benzene rings is 1. The van der Waals surface area contributed by atoms with Crippen LogP contribution in [0.3, 0.4) is 0 Å². The van der Waals surface area contributed by atoms with Crippen LogP contribution >= 0.6 is 0 Å². The first kappa shape index (κ1) is 17.2. The number of sulfonamides is 1. The number of methoxy groups -OCH3 is 2. The van der Waals surface area contributed by atoms with Gasteiger partial charge in [-0.2, -0.15) is 0 Å². The predicted octanol–water partition coefficient (Wildman–Crippen LogP) is 1.87. The van der Waals surface area contributed by atoms with Gasteiger partial charge in [0.15, 0.2) is 0 Å². The number of hydrogen-bond acceptors (Lipinski definition) is 5. The summed E-state index contributed by atoms with van der Waals surface area (Å²) in [7, 11) is -0.816. The van der Waals surface area contributed by atoms with Gasteiger partial charge < -0.3 is 13.9 Å². The third-order valence-corrected chi connectivity index (χ3v) is 5.23. The van der Waals surface area contributed by atoms with Crippen molar-refractivity contribution in [3.05, 3.63) is 54.5 Å². The van der Waals surface area contributed by atoms with Crippen molar-refractivity contribution in [3.63, 3.8) is 0 Å². The van der Waals surface area contributed by atoms with E-state index in [1.54, 1.807) is 12.1 Å². The molecule has 0 bridgehead atoms. The Bertz CT molecular complexity index is 949. The van der Waals surface area contributed by atoms with E-state index >= 15 is 0 Å². The van der Waals surface area contributed by atoms with Gasteiger partial charge in [0, 0.05) is 31.4 Å². The lowest BCUT2D eigenvalue weighted by molar-refractivity contribution is 0.392. The molecule has 132 valence electrons. The second-order valence-corrected chi connectivity index (χ2v) is 7.10. The van der Waals surface area contributed by atoms with Crippen molar-refractivity contribution in [2.45, 2.75) is 11.3 Å². The Morgan fingerprint density at radius 2 is 2.00 bits per heavy atom. The molecule has 2 aromatic heterocycles. The molecule has 0 aliphatic heterocycles. The van der Waals surface area contributed by atoms with Crippen molar-refractivity contribution in [1.82, 2.24) is 14.1 Å². The molecule has 0 spiro atoms. The number of hydrogen-bond donors (Lipinski definition) is 1. The number of aromatic nitrogens is 2. The standard InChI is InChI=1S/C17H19N3O4S/c1-23-14-6-7-15(24-2)16(11-14)25(21,22)18-9-8-13-12-20-10-4-3-5-17(20)19-13/h3-7,10-12,18H,8-9H2,1-2H3. The van der Waals surface area contributed by atoms with E-state index in [9.17, 15) is 8.42 Å². The number of fused-ring (bicyclic) bond motifs is 1. The summed E-state index contributed by atoms with van der Waals surface area (Å²) in [6.07, 6.45) is 4.26. The largest absolute Gasteiger partial charge is 0.497 e. The first-order valence-electron chi connectivity index (χ1n) is 7.68. The Morgan fingerprint density at radius 1 is 1.16 bits per heavy atom. The number of pyridine rings is 1. The van der Waals surface area contributed by atoms with Crippen LogP contribution in [0.1, 0.15) is 5.69 Å². The van der Waals surface area contributed by atoms with E-state index < -0.39 is 10.0 Å². The number of ether oxygens (including phenoxy) is 2. The minimum atomic E-state index is -3.73. The quantitative estimate of drug-likeness (QED) is 0.695. The maximum atomic E-state index is 12.6. The van der Waals surface area contributed by atoms with E-state index in [2.05, 4.69) is 9.71 Å². The first-order valence-corrected chi connectivity index (χ1v) is 9.16. The summed E-state index contributed by atoms with van der Waals surface area (Å²) in [4.78, 5) is 4.50. The summed E-state index contributed by atoms with van der Waals surface area (Å²) in [6.45, 7) is 0.229. The van der Waals surface area contributed by atoms with Gasteiger partial charge >= 0.3 is 0 Å². The van der Waals surface area contributed by atoms with Gasteiger partial charge in [0.05, 0.1) is 19.9 Å². The minimum Gasteiger partial charge on any atom is -0.497 e. The fourth-order valence-corrected chi connectivity index (χ4v) is 3.71. The highest BCUT2D eigenvalue weighted by Gasteiger charge is 2.20. The van der Waals surface area contributed by atoms with Gasteiger partial charge in [-0.05, 0) is 24.3 Å². The van der Waals surface area contributed by atoms with Gasteiger partial charge in [0.1, 0.15) is 22.0 Å². The predicted molar refractivity (Wildman–Crippen MR) is 93.6 cm³/mol. The summed E-state index contributed by atoms with van der Waals surface area (Å²) in [5.74, 6) is 0.711. The molecule has 0 aliphatic rings. The second-order valence-electron chi connectivity index (χ2n) is 5.36. The first-order chi connectivity index (χ1) is 12.0. The van der Waals surface area contributed by atoms with Crippen LogP contribution in [0.25, 0.3) is 5.65 Å². The molecule has 0 saturated carbocycles. The van der Waals surface area contributed by atoms with Crippen LogP contribution in [-0.2, 0) is 16.4 Å². The zero-order valence-corrected chi connectivity index (χ0v) is 14.8. The van der Waals surface area contributed by atoms with Crippen LogP contribution in [-0.4, -0.2) is 38.6 Å². The van der Waals surface area contributed by atoms with Crippen molar-refractivity contribution in [3.8, 4) is 11.5 Å². The molecule has 1 N–H and O–H groups in total. The SMILES string of the molecule is COc1ccc(OC)c(S(=O)(=O)NCCc2cn3ccccc3n2)c1. The van der Waals surface area contributed by atoms with Gasteiger partial charge in [-0.1, -0.05) is 6.07 Å². The third-order valence-electron chi connectivity index (χ3n) is 3.75. The molecule has 7 nitrogen and oxygen atoms in total. The van der Waals surface area contributed by atoms with Gasteiger partial charge in [0.2, 0.25) is 10.0 Å². The topological polar surface area (TPSA) is 81.9 Å². The van der Waals surface area contributed by atoms with Crippen molar-refractivity contribution in [1.29, 1.82) is 0 Å². The Morgan fingerprint density at radius 3 is 2.72 bits per heavy atom. The van der Waals surface area contributed by atoms with E-state index in [1.807, 2.05) is 35.0 Å². The van der Waals surface area contributed by atoms with Crippen LogP contribution in [0.2, 0.25) is 0 Å². The summed E-state index contributed by atoms with van der Waals surface area (Å²) in [5.41, 5.74) is 1.64. The van der Waals surface area contributed by atoms with Gasteiger partial charge in [-0.15, -0.1) is 0 Å². The lowest BCUT2D eigenvalue weighted by atomic mass is 10.3. The minimum absolute atomic E-state index is 0.0457. The second kappa shape index (κ2) is 7.12. The van der Waals surface area contributed by atoms with Crippen LogP contribution in [0.4, 0.5) is 0 Å². The van der Waals surface area contributed by atoms with E-state index in [0.29, 0.717) is 12.2 Å². The molecule has 3 aromatic rings. The van der Waals surface area contributed by atoms with Crippen LogP contribution in [0.15, 0.2) is 53.7 Å². The molecule has 0 aliphatic carbocycles. The summed E-state index contributed by atoms with van der Waals surface area (Å²) < 4.78 is 39.9. The molecule has 0 atom stereocenters. The molecular formula is C17H19N3O4S. The molecule has 0 amide bonds. The zero-order valence-electron chi connectivity index (χ0n) is 14.0. The number of imidazole rings is 1. The fraction of sp³-hybridized carbons (Fsp3) is 0.235. The average Bonchev–Trinajstić information content (AvgIpc) is 3.03. The van der Waals surface area contributed by atoms with E-state index in [0.717, 1.165) is 11.3 Å². The Kier molecular flexibility index (Phi) is 4.91. The van der Waals surface area contributed by atoms with E-state index in [-0.39, 0.29) is 17.2 Å². The van der Waals surface area contributed by atoms with Crippen LogP contribution in [0.5, 0.6) is 11.5 Å². The lowest BCUT2D eigenvalue weighted by Gasteiger charge is -2.11. The molecule has 0 fully saturated rings. The number of rotatable bonds is 7. The van der Waals surface area contributed by atoms with E-state index in [4.69, 9.17) is 9.47 Å². The zero-order chi connectivity index (χ0) is 17.9. The maximum Gasteiger partial charge on any atom is 0.244 e. The van der Waals surface area contributed by atoms with Crippen LogP contribution in [0, 0.1) is 0 Å². The lowest BCUT2D eigenvalue weighted by Crippen LogP contribution is -2.26. The fourth-order valence-electron chi connectivity index (χ4n) is 2.49. The average molecular weight is 361 g/mol. The summed E-state index contributed by atoms with van der Waals surface area (Å²) in [5, 5.41) is 0. The number of nitrogens with one attached hydrogen (secondary N) is 1. The highest BCUT2D eigenvalue weighted by atomic mass is 32.2. The van der Waals surface area contributed by atoms with Gasteiger partial charge in [0.25, 0.3) is 0 Å². The smallest absolute Gasteiger partial charge is 0.244 e. The van der Waals surface area contributed by atoms with Crippen molar-refractivity contribution >= 4 is 15.7 Å². The van der Waals surface area contributed by atoms with Crippen molar-refractivity contribution in [2.75, 3.05) is 20.8 Å². The molecule has 0 unspecified atom stereocenters. The number of nitrogens with zero attached hydrogens (tertiary/aromatic N) is 2. The Balaban J connectivity index is 1.73. The monoisotopic (exact) mass is 361 g/mol. The molecular weight excluding hydrogens is 342 g/mol. The normalized spacial score (nSPS) is 11.6. The van der Waals surface area contributed by atoms with Gasteiger partial charge in [-0.25, -0.2) is 18.1 Å². The van der Waals surface area contributed by atoms with Crippen molar-refractivity contribution in [2.24, 2.45) is 0 Å². The Hall–Kier alpha value is -2.58. The summed E-state index contributed by atoms with van der Waals surface area (Å²) >= 11 is 0. The highest BCUT2D eigenvalue weighted by molar-refractivity contribution is 7.89. The Labute approximate surface area is 146 Å². The highest BCUT2D eigenvalue weighted by Crippen LogP contribution is 2.27. The molecule has 3 rings (SSSR count). The van der Waals surface area contributed by atoms with Crippen LogP contribution < -0.4 is 14.2 Å². The molecule has 0 radical (unpaired) electrons.